The maximum Gasteiger partial charge on any atom is 0.306 e. The van der Waals surface area contributed by atoms with Gasteiger partial charge in [0.2, 0.25) is 5.91 Å². The van der Waals surface area contributed by atoms with E-state index >= 15 is 0 Å². The first kappa shape index (κ1) is 61.7. The van der Waals surface area contributed by atoms with E-state index in [9.17, 15) is 14.4 Å². The summed E-state index contributed by atoms with van der Waals surface area (Å²) in [5, 5.41) is 0. The van der Waals surface area contributed by atoms with Gasteiger partial charge in [-0.15, -0.1) is 0 Å². The molecular formula is C57H110N2O5S. The minimum absolute atomic E-state index is 0.00209. The topological polar surface area (TPSA) is 76.1 Å². The van der Waals surface area contributed by atoms with Gasteiger partial charge in [-0.05, 0) is 77.0 Å². The van der Waals surface area contributed by atoms with Crippen LogP contribution in [0.5, 0.6) is 0 Å². The number of ether oxygens (including phenoxy) is 2. The number of esters is 2. The molecule has 0 aromatic rings. The van der Waals surface area contributed by atoms with Crippen molar-refractivity contribution in [3.05, 3.63) is 0 Å². The second-order valence-corrected chi connectivity index (χ2v) is 21.3. The summed E-state index contributed by atoms with van der Waals surface area (Å²) in [4.78, 5) is 44.1. The van der Waals surface area contributed by atoms with Crippen molar-refractivity contribution in [1.82, 2.24) is 9.80 Å². The van der Waals surface area contributed by atoms with Crippen LogP contribution in [0.15, 0.2) is 0 Å². The van der Waals surface area contributed by atoms with Crippen molar-refractivity contribution in [1.29, 1.82) is 0 Å². The van der Waals surface area contributed by atoms with Crippen LogP contribution < -0.4 is 0 Å². The zero-order valence-corrected chi connectivity index (χ0v) is 44.8. The summed E-state index contributed by atoms with van der Waals surface area (Å²) in [5.41, 5.74) is 0. The van der Waals surface area contributed by atoms with E-state index < -0.39 is 0 Å². The maximum atomic E-state index is 13.6. The molecule has 0 aromatic carbocycles. The zero-order chi connectivity index (χ0) is 47.1. The molecule has 1 heterocycles. The van der Waals surface area contributed by atoms with Gasteiger partial charge < -0.3 is 19.3 Å². The molecule has 7 nitrogen and oxygen atoms in total. The van der Waals surface area contributed by atoms with Crippen molar-refractivity contribution in [2.45, 2.75) is 303 Å². The number of amides is 1. The quantitative estimate of drug-likeness (QED) is 0.0444. The number of hydrogen-bond acceptors (Lipinski definition) is 7. The zero-order valence-electron chi connectivity index (χ0n) is 43.9. The van der Waals surface area contributed by atoms with Crippen molar-refractivity contribution < 1.29 is 23.9 Å². The van der Waals surface area contributed by atoms with E-state index in [1.54, 1.807) is 0 Å². The molecule has 1 aliphatic heterocycles. The molecule has 2 atom stereocenters. The van der Waals surface area contributed by atoms with E-state index in [1.807, 2.05) is 11.8 Å². The van der Waals surface area contributed by atoms with Crippen molar-refractivity contribution >= 4 is 29.6 Å². The van der Waals surface area contributed by atoms with Gasteiger partial charge in [0, 0.05) is 63.5 Å². The molecule has 1 saturated heterocycles. The Kier molecular flexibility index (Phi) is 45.4. The molecule has 384 valence electrons. The van der Waals surface area contributed by atoms with Crippen LogP contribution in [-0.4, -0.2) is 84.1 Å². The third kappa shape index (κ3) is 40.3. The van der Waals surface area contributed by atoms with Crippen LogP contribution in [-0.2, 0) is 23.9 Å². The van der Waals surface area contributed by atoms with Gasteiger partial charge in [-0.25, -0.2) is 0 Å². The third-order valence-electron chi connectivity index (χ3n) is 13.8. The highest BCUT2D eigenvalue weighted by molar-refractivity contribution is 7.99. The van der Waals surface area contributed by atoms with E-state index in [2.05, 4.69) is 37.5 Å². The van der Waals surface area contributed by atoms with E-state index in [-0.39, 0.29) is 30.1 Å². The highest BCUT2D eigenvalue weighted by atomic mass is 32.2. The summed E-state index contributed by atoms with van der Waals surface area (Å²) >= 11 is 2.01. The lowest BCUT2D eigenvalue weighted by Gasteiger charge is -2.28. The van der Waals surface area contributed by atoms with Crippen molar-refractivity contribution in [2.24, 2.45) is 0 Å². The summed E-state index contributed by atoms with van der Waals surface area (Å²) in [6.07, 6.45) is 46.9. The molecule has 0 saturated carbocycles. The Labute approximate surface area is 409 Å². The fraction of sp³-hybridized carbons (Fsp3) is 0.947. The molecule has 0 aliphatic carbocycles. The fourth-order valence-corrected chi connectivity index (χ4v) is 10.4. The molecule has 0 aromatic heterocycles. The van der Waals surface area contributed by atoms with Crippen molar-refractivity contribution in [2.75, 3.05) is 44.2 Å². The summed E-state index contributed by atoms with van der Waals surface area (Å²) in [6.45, 7) is 13.7. The van der Waals surface area contributed by atoms with E-state index in [0.717, 1.165) is 134 Å². The Balaban J connectivity index is 2.50. The van der Waals surface area contributed by atoms with Crippen molar-refractivity contribution in [3.63, 3.8) is 0 Å². The van der Waals surface area contributed by atoms with Crippen LogP contribution in [0.25, 0.3) is 0 Å². The summed E-state index contributed by atoms with van der Waals surface area (Å²) in [7, 11) is 0. The Morgan fingerprint density at radius 3 is 1.09 bits per heavy atom. The van der Waals surface area contributed by atoms with Gasteiger partial charge in [0.05, 0.1) is 0 Å². The number of rotatable bonds is 49. The first-order valence-corrected chi connectivity index (χ1v) is 30.1. The van der Waals surface area contributed by atoms with Crippen LogP contribution in [0.3, 0.4) is 0 Å². The number of thioether (sulfide) groups is 1. The molecule has 0 bridgehead atoms. The molecule has 1 amide bonds. The van der Waals surface area contributed by atoms with Gasteiger partial charge in [0.25, 0.3) is 0 Å². The van der Waals surface area contributed by atoms with E-state index in [0.29, 0.717) is 19.3 Å². The average molecular weight is 936 g/mol. The molecular weight excluding hydrogens is 825 g/mol. The second kappa shape index (κ2) is 47.8. The Morgan fingerprint density at radius 2 is 0.723 bits per heavy atom. The fourth-order valence-electron chi connectivity index (χ4n) is 9.43. The van der Waals surface area contributed by atoms with E-state index in [4.69, 9.17) is 9.47 Å². The van der Waals surface area contributed by atoms with Crippen LogP contribution in [0.2, 0.25) is 0 Å². The summed E-state index contributed by atoms with van der Waals surface area (Å²) in [6, 6.07) is 0. The molecule has 8 heteroatoms. The molecule has 0 radical (unpaired) electrons. The summed E-state index contributed by atoms with van der Waals surface area (Å²) in [5.74, 6) is 2.57. The monoisotopic (exact) mass is 935 g/mol. The minimum Gasteiger partial charge on any atom is -0.462 e. The van der Waals surface area contributed by atoms with Crippen LogP contribution in [0.1, 0.15) is 291 Å². The number of carbonyl (C=O) groups is 3. The second-order valence-electron chi connectivity index (χ2n) is 20.1. The lowest BCUT2D eigenvalue weighted by molar-refractivity contribution is -0.151. The molecule has 2 unspecified atom stereocenters. The molecule has 0 spiro atoms. The lowest BCUT2D eigenvalue weighted by Crippen LogP contribution is -2.38. The van der Waals surface area contributed by atoms with Gasteiger partial charge in [-0.1, -0.05) is 195 Å². The number of unbranched alkanes of at least 4 members (excludes halogenated alkanes) is 28. The first-order chi connectivity index (χ1) is 31.9. The van der Waals surface area contributed by atoms with Crippen LogP contribution in [0, 0.1) is 0 Å². The highest BCUT2D eigenvalue weighted by Crippen LogP contribution is 2.21. The predicted octanol–water partition coefficient (Wildman–Crippen LogP) is 16.8. The molecule has 1 aliphatic rings. The van der Waals surface area contributed by atoms with Gasteiger partial charge in [-0.2, -0.15) is 11.8 Å². The average Bonchev–Trinajstić information content (AvgIpc) is 3.31. The third-order valence-corrected chi connectivity index (χ3v) is 14.8. The molecule has 1 fully saturated rings. The first-order valence-electron chi connectivity index (χ1n) is 28.9. The van der Waals surface area contributed by atoms with Gasteiger partial charge in [0.1, 0.15) is 12.2 Å². The number of carbonyl (C=O) groups excluding carboxylic acids is 3. The Hall–Kier alpha value is -1.28. The Morgan fingerprint density at radius 1 is 0.415 bits per heavy atom. The SMILES string of the molecule is CCCCCCCCCC(CCCCCCCC)OC(=O)CCCCCCCN(CCCCCC(=O)OC(CCCCCCCC)CCCCCCCCC)C(=O)CCN1CCSCC1. The highest BCUT2D eigenvalue weighted by Gasteiger charge is 2.19. The largest absolute Gasteiger partial charge is 0.462 e. The van der Waals surface area contributed by atoms with Gasteiger partial charge in [0.15, 0.2) is 0 Å². The van der Waals surface area contributed by atoms with Gasteiger partial charge >= 0.3 is 11.9 Å². The predicted molar refractivity (Wildman–Crippen MR) is 282 cm³/mol. The number of nitrogens with zero attached hydrogens (tertiary/aromatic N) is 2. The van der Waals surface area contributed by atoms with Gasteiger partial charge in [-0.3, -0.25) is 14.4 Å². The van der Waals surface area contributed by atoms with Crippen LogP contribution >= 0.6 is 11.8 Å². The maximum absolute atomic E-state index is 13.6. The standard InChI is InChI=1S/C57H110N2O5S/c1-5-9-13-17-21-26-33-41-53(39-31-24-19-15-11-7-3)63-56(61)43-35-28-23-29-37-46-59(55(60)45-48-58-49-51-65-52-50-58)47-38-30-36-44-57(62)64-54(40-32-25-20-16-12-8-4)42-34-27-22-18-14-10-6-2/h53-54H,5-52H2,1-4H3. The number of hydrogen-bond donors (Lipinski definition) is 0. The minimum atomic E-state index is -0.0266. The van der Waals surface area contributed by atoms with E-state index in [1.165, 1.54) is 154 Å². The summed E-state index contributed by atoms with van der Waals surface area (Å²) < 4.78 is 12.2. The smallest absolute Gasteiger partial charge is 0.306 e. The molecule has 65 heavy (non-hydrogen) atoms. The van der Waals surface area contributed by atoms with Crippen molar-refractivity contribution in [3.8, 4) is 0 Å². The molecule has 1 rings (SSSR count). The molecule has 0 N–H and O–H groups in total. The Bertz CT molecular complexity index is 1050. The van der Waals surface area contributed by atoms with Crippen LogP contribution in [0.4, 0.5) is 0 Å². The lowest BCUT2D eigenvalue weighted by atomic mass is 10.0. The normalized spacial score (nSPS) is 14.1.